The lowest BCUT2D eigenvalue weighted by Gasteiger charge is -2.13. The van der Waals surface area contributed by atoms with Gasteiger partial charge in [-0.2, -0.15) is 0 Å². The van der Waals surface area contributed by atoms with Crippen molar-refractivity contribution in [1.82, 2.24) is 5.32 Å². The molecule has 0 bridgehead atoms. The molecule has 2 rings (SSSR count). The zero-order valence-corrected chi connectivity index (χ0v) is 7.57. The van der Waals surface area contributed by atoms with Gasteiger partial charge in [-0.3, -0.25) is 4.99 Å². The lowest BCUT2D eigenvalue weighted by molar-refractivity contribution is 0.885. The molecule has 66 valence electrons. The summed E-state index contributed by atoms with van der Waals surface area (Å²) >= 11 is 0. The van der Waals surface area contributed by atoms with E-state index in [1.807, 2.05) is 30.5 Å². The van der Waals surface area contributed by atoms with E-state index in [2.05, 4.69) is 29.4 Å². The Labute approximate surface area is 78.0 Å². The Morgan fingerprint density at radius 2 is 2.00 bits per heavy atom. The molecule has 1 aliphatic heterocycles. The number of rotatable bonds is 1. The van der Waals surface area contributed by atoms with Gasteiger partial charge in [-0.05, 0) is 13.0 Å². The van der Waals surface area contributed by atoms with Crippen LogP contribution < -0.4 is 5.32 Å². The zero-order valence-electron chi connectivity index (χ0n) is 7.57. The van der Waals surface area contributed by atoms with Crippen LogP contribution in [0.25, 0.3) is 0 Å². The van der Waals surface area contributed by atoms with E-state index in [0.29, 0.717) is 0 Å². The van der Waals surface area contributed by atoms with E-state index in [9.17, 15) is 0 Å². The molecule has 13 heavy (non-hydrogen) atoms. The number of hydrogen-bond donors (Lipinski definition) is 1. The maximum Gasteiger partial charge on any atom is 0.132 e. The molecule has 1 unspecified atom stereocenters. The first-order chi connectivity index (χ1) is 6.36. The summed E-state index contributed by atoms with van der Waals surface area (Å²) < 4.78 is 0. The van der Waals surface area contributed by atoms with Crippen molar-refractivity contribution in [1.29, 1.82) is 0 Å². The molecule has 0 saturated carbocycles. The largest absolute Gasteiger partial charge is 0.347 e. The van der Waals surface area contributed by atoms with Crippen LogP contribution in [-0.2, 0) is 0 Å². The summed E-state index contributed by atoms with van der Waals surface area (Å²) in [4.78, 5) is 4.47. The van der Waals surface area contributed by atoms with E-state index >= 15 is 0 Å². The third-order valence-corrected chi connectivity index (χ3v) is 1.97. The van der Waals surface area contributed by atoms with E-state index in [1.165, 1.54) is 0 Å². The zero-order chi connectivity index (χ0) is 9.10. The highest BCUT2D eigenvalue weighted by Gasteiger charge is 2.05. The van der Waals surface area contributed by atoms with Crippen LogP contribution in [-0.4, -0.2) is 11.9 Å². The Bertz CT molecular complexity index is 338. The lowest BCUT2D eigenvalue weighted by Crippen LogP contribution is -2.24. The van der Waals surface area contributed by atoms with Crippen LogP contribution in [0.3, 0.4) is 0 Å². The Morgan fingerprint density at radius 3 is 2.69 bits per heavy atom. The highest BCUT2D eigenvalue weighted by Crippen LogP contribution is 2.05. The van der Waals surface area contributed by atoms with Gasteiger partial charge in [0, 0.05) is 11.8 Å². The molecular formula is C11H12N2. The predicted molar refractivity (Wildman–Crippen MR) is 54.7 cm³/mol. The number of benzene rings is 1. The quantitative estimate of drug-likeness (QED) is 0.687. The fourth-order valence-corrected chi connectivity index (χ4v) is 1.30. The summed E-state index contributed by atoms with van der Waals surface area (Å²) in [6.45, 7) is 2.07. The number of aliphatic imine (C=N–C) groups is 1. The summed E-state index contributed by atoms with van der Waals surface area (Å²) in [6, 6.07) is 10.4. The van der Waals surface area contributed by atoms with Gasteiger partial charge in [0.05, 0.1) is 6.04 Å². The van der Waals surface area contributed by atoms with Gasteiger partial charge in [0.25, 0.3) is 0 Å². The minimum absolute atomic E-state index is 0.274. The molecule has 0 aliphatic carbocycles. The highest BCUT2D eigenvalue weighted by molar-refractivity contribution is 5.99. The van der Waals surface area contributed by atoms with E-state index < -0.39 is 0 Å². The first kappa shape index (κ1) is 8.05. The molecule has 1 heterocycles. The topological polar surface area (TPSA) is 24.4 Å². The first-order valence-corrected chi connectivity index (χ1v) is 4.43. The van der Waals surface area contributed by atoms with Gasteiger partial charge in [0.1, 0.15) is 5.84 Å². The van der Waals surface area contributed by atoms with Crippen LogP contribution in [0.2, 0.25) is 0 Å². The van der Waals surface area contributed by atoms with Crippen LogP contribution in [0.4, 0.5) is 0 Å². The minimum atomic E-state index is 0.274. The molecule has 2 heteroatoms. The lowest BCUT2D eigenvalue weighted by atomic mass is 10.2. The Morgan fingerprint density at radius 1 is 1.23 bits per heavy atom. The van der Waals surface area contributed by atoms with E-state index in [4.69, 9.17) is 0 Å². The van der Waals surface area contributed by atoms with Gasteiger partial charge < -0.3 is 5.32 Å². The summed E-state index contributed by atoms with van der Waals surface area (Å²) in [5.74, 6) is 0.954. The van der Waals surface area contributed by atoms with E-state index in [1.54, 1.807) is 0 Å². The molecule has 0 fully saturated rings. The maximum absolute atomic E-state index is 4.47. The van der Waals surface area contributed by atoms with Gasteiger partial charge >= 0.3 is 0 Å². The van der Waals surface area contributed by atoms with Crippen LogP contribution in [0.5, 0.6) is 0 Å². The molecule has 0 aromatic heterocycles. The number of amidine groups is 1. The highest BCUT2D eigenvalue weighted by atomic mass is 15.0. The average molecular weight is 172 g/mol. The normalized spacial score (nSPS) is 20.7. The van der Waals surface area contributed by atoms with Gasteiger partial charge in [0.15, 0.2) is 0 Å². The van der Waals surface area contributed by atoms with Crippen molar-refractivity contribution >= 4 is 5.84 Å². The molecule has 1 atom stereocenters. The second kappa shape index (κ2) is 3.44. The molecule has 1 aromatic rings. The average Bonchev–Trinajstić information content (AvgIpc) is 2.19. The number of hydrogen-bond acceptors (Lipinski definition) is 2. The molecular weight excluding hydrogens is 160 g/mol. The van der Waals surface area contributed by atoms with Crippen LogP contribution in [0.15, 0.2) is 47.6 Å². The third kappa shape index (κ3) is 1.78. The van der Waals surface area contributed by atoms with E-state index in [-0.39, 0.29) is 6.04 Å². The van der Waals surface area contributed by atoms with Crippen LogP contribution in [0, 0.1) is 0 Å². The maximum atomic E-state index is 4.47. The summed E-state index contributed by atoms with van der Waals surface area (Å²) in [6.07, 6.45) is 3.98. The van der Waals surface area contributed by atoms with Crippen molar-refractivity contribution in [3.8, 4) is 0 Å². The molecule has 0 amide bonds. The summed E-state index contributed by atoms with van der Waals surface area (Å²) in [5.41, 5.74) is 1.14. The van der Waals surface area contributed by atoms with Crippen LogP contribution in [0.1, 0.15) is 12.5 Å². The minimum Gasteiger partial charge on any atom is -0.347 e. The molecule has 1 aromatic carbocycles. The molecule has 1 N–H and O–H groups in total. The van der Waals surface area contributed by atoms with Gasteiger partial charge in [-0.15, -0.1) is 0 Å². The van der Waals surface area contributed by atoms with Crippen molar-refractivity contribution in [2.24, 2.45) is 4.99 Å². The second-order valence-corrected chi connectivity index (χ2v) is 3.09. The first-order valence-electron chi connectivity index (χ1n) is 4.43. The summed E-state index contributed by atoms with van der Waals surface area (Å²) in [7, 11) is 0. The SMILES string of the molecule is CC1C=CNC(c2ccccc2)=N1. The van der Waals surface area contributed by atoms with Gasteiger partial charge in [0.2, 0.25) is 0 Å². The molecule has 2 nitrogen and oxygen atoms in total. The Kier molecular flexibility index (Phi) is 2.13. The summed E-state index contributed by atoms with van der Waals surface area (Å²) in [5, 5.41) is 3.14. The smallest absolute Gasteiger partial charge is 0.132 e. The third-order valence-electron chi connectivity index (χ3n) is 1.97. The molecule has 1 aliphatic rings. The monoisotopic (exact) mass is 172 g/mol. The van der Waals surface area contributed by atoms with Crippen LogP contribution >= 0.6 is 0 Å². The number of nitrogens with zero attached hydrogens (tertiary/aromatic N) is 1. The molecule has 0 saturated heterocycles. The van der Waals surface area contributed by atoms with Crippen molar-refractivity contribution in [2.75, 3.05) is 0 Å². The van der Waals surface area contributed by atoms with Crippen molar-refractivity contribution in [3.05, 3.63) is 48.2 Å². The van der Waals surface area contributed by atoms with Crippen molar-refractivity contribution in [3.63, 3.8) is 0 Å². The Hall–Kier alpha value is -1.57. The van der Waals surface area contributed by atoms with Crippen molar-refractivity contribution in [2.45, 2.75) is 13.0 Å². The fraction of sp³-hybridized carbons (Fsp3) is 0.182. The number of nitrogens with one attached hydrogen (secondary N) is 1. The van der Waals surface area contributed by atoms with Gasteiger partial charge in [-0.1, -0.05) is 30.3 Å². The molecule has 0 spiro atoms. The fourth-order valence-electron chi connectivity index (χ4n) is 1.30. The van der Waals surface area contributed by atoms with Crippen molar-refractivity contribution < 1.29 is 0 Å². The van der Waals surface area contributed by atoms with E-state index in [0.717, 1.165) is 11.4 Å². The molecule has 0 radical (unpaired) electrons. The van der Waals surface area contributed by atoms with Gasteiger partial charge in [-0.25, -0.2) is 0 Å². The standard InChI is InChI=1S/C11H12N2/c1-9-7-8-12-11(13-9)10-5-3-2-4-6-10/h2-9H,1H3,(H,12,13). The predicted octanol–water partition coefficient (Wildman–Crippen LogP) is 1.94. The Balaban J connectivity index is 2.28. The second-order valence-electron chi connectivity index (χ2n) is 3.09.